The van der Waals surface area contributed by atoms with Gasteiger partial charge in [-0.3, -0.25) is 10.2 Å². The molecular formula is C12H7Cl2N3OS2. The number of thiazole rings is 1. The smallest absolute Gasteiger partial charge is 0.245 e. The lowest BCUT2D eigenvalue weighted by atomic mass is 10.2. The maximum atomic E-state index is 11.7. The molecule has 0 saturated carbocycles. The Morgan fingerprint density at radius 1 is 1.35 bits per heavy atom. The Morgan fingerprint density at radius 3 is 2.80 bits per heavy atom. The summed E-state index contributed by atoms with van der Waals surface area (Å²) in [6, 6.07) is 5.17. The van der Waals surface area contributed by atoms with Crippen LogP contribution in [0.1, 0.15) is 0 Å². The first-order valence-corrected chi connectivity index (χ1v) is 8.13. The fourth-order valence-corrected chi connectivity index (χ4v) is 3.87. The fraction of sp³-hybridized carbons (Fsp3) is 0.0833. The summed E-state index contributed by atoms with van der Waals surface area (Å²) in [4.78, 5) is 17.4. The lowest BCUT2D eigenvalue weighted by molar-refractivity contribution is -0.115. The number of rotatable bonds is 2. The van der Waals surface area contributed by atoms with E-state index in [-0.39, 0.29) is 16.8 Å². The molecule has 3 rings (SSSR count). The Morgan fingerprint density at radius 2 is 2.15 bits per heavy atom. The van der Waals surface area contributed by atoms with E-state index in [0.717, 1.165) is 5.56 Å². The van der Waals surface area contributed by atoms with Crippen LogP contribution in [0.5, 0.6) is 0 Å². The average Bonchev–Trinajstić information content (AvgIpc) is 2.97. The second-order valence-corrected chi connectivity index (χ2v) is 6.61. The van der Waals surface area contributed by atoms with Gasteiger partial charge in [0.25, 0.3) is 0 Å². The van der Waals surface area contributed by atoms with Gasteiger partial charge in [-0.05, 0) is 18.2 Å². The number of hydrogen-bond acceptors (Lipinski definition) is 5. The van der Waals surface area contributed by atoms with Gasteiger partial charge in [0.2, 0.25) is 5.91 Å². The molecule has 0 spiro atoms. The van der Waals surface area contributed by atoms with Crippen molar-refractivity contribution in [3.8, 4) is 11.3 Å². The summed E-state index contributed by atoms with van der Waals surface area (Å²) in [5.41, 5.74) is 1.42. The minimum absolute atomic E-state index is 0.122. The number of aromatic nitrogens is 1. The number of nitrogens with zero attached hydrogens (tertiary/aromatic N) is 2. The van der Waals surface area contributed by atoms with Gasteiger partial charge in [-0.15, -0.1) is 11.3 Å². The summed E-state index contributed by atoms with van der Waals surface area (Å²) >= 11 is 14.5. The normalized spacial score (nSPS) is 15.2. The molecule has 8 heteroatoms. The van der Waals surface area contributed by atoms with Crippen LogP contribution in [0.3, 0.4) is 0 Å². The van der Waals surface area contributed by atoms with Crippen molar-refractivity contribution in [2.24, 2.45) is 0 Å². The Kier molecular flexibility index (Phi) is 3.72. The number of carbonyl (C=O) groups is 1. The number of amides is 1. The maximum absolute atomic E-state index is 11.7. The van der Waals surface area contributed by atoms with E-state index in [1.54, 1.807) is 18.2 Å². The van der Waals surface area contributed by atoms with Crippen molar-refractivity contribution in [1.29, 1.82) is 5.41 Å². The second-order valence-electron chi connectivity index (χ2n) is 3.96. The quantitative estimate of drug-likeness (QED) is 0.891. The molecule has 0 radical (unpaired) electrons. The molecule has 1 aromatic carbocycles. The third kappa shape index (κ3) is 2.44. The SMILES string of the molecule is N=C1SCC(=O)N1c1nc(-c2ccc(Cl)cc2Cl)cs1. The molecular weight excluding hydrogens is 337 g/mol. The third-order valence-electron chi connectivity index (χ3n) is 2.68. The first-order chi connectivity index (χ1) is 9.56. The second kappa shape index (κ2) is 5.37. The van der Waals surface area contributed by atoms with E-state index in [1.807, 2.05) is 5.38 Å². The van der Waals surface area contributed by atoms with Crippen molar-refractivity contribution in [3.63, 3.8) is 0 Å². The van der Waals surface area contributed by atoms with Crippen molar-refractivity contribution in [1.82, 2.24) is 4.98 Å². The minimum Gasteiger partial charge on any atom is -0.278 e. The van der Waals surface area contributed by atoms with E-state index in [4.69, 9.17) is 28.6 Å². The van der Waals surface area contributed by atoms with E-state index in [2.05, 4.69) is 4.98 Å². The van der Waals surface area contributed by atoms with Gasteiger partial charge in [0.05, 0.1) is 16.5 Å². The summed E-state index contributed by atoms with van der Waals surface area (Å²) in [5.74, 6) is 0.165. The average molecular weight is 344 g/mol. The molecule has 1 N–H and O–H groups in total. The molecule has 20 heavy (non-hydrogen) atoms. The predicted molar refractivity (Wildman–Crippen MR) is 85.2 cm³/mol. The van der Waals surface area contributed by atoms with Crippen LogP contribution in [0.4, 0.5) is 5.13 Å². The van der Waals surface area contributed by atoms with Crippen molar-refractivity contribution >= 4 is 62.5 Å². The van der Waals surface area contributed by atoms with Gasteiger partial charge < -0.3 is 0 Å². The van der Waals surface area contributed by atoms with Gasteiger partial charge in [0.15, 0.2) is 10.3 Å². The van der Waals surface area contributed by atoms with Crippen molar-refractivity contribution < 1.29 is 4.79 Å². The topological polar surface area (TPSA) is 57.1 Å². The molecule has 2 aromatic rings. The van der Waals surface area contributed by atoms with Crippen LogP contribution >= 0.6 is 46.3 Å². The number of benzene rings is 1. The summed E-state index contributed by atoms with van der Waals surface area (Å²) in [6.45, 7) is 0. The number of anilines is 1. The van der Waals surface area contributed by atoms with E-state index in [9.17, 15) is 4.79 Å². The molecule has 2 heterocycles. The summed E-state index contributed by atoms with van der Waals surface area (Å²) in [6.07, 6.45) is 0. The Balaban J connectivity index is 1.98. The summed E-state index contributed by atoms with van der Waals surface area (Å²) < 4.78 is 0. The van der Waals surface area contributed by atoms with Crippen LogP contribution in [0.2, 0.25) is 10.0 Å². The molecule has 4 nitrogen and oxygen atoms in total. The number of nitrogens with one attached hydrogen (secondary N) is 1. The zero-order valence-corrected chi connectivity index (χ0v) is 13.0. The highest BCUT2D eigenvalue weighted by Crippen LogP contribution is 2.35. The van der Waals surface area contributed by atoms with Crippen molar-refractivity contribution in [2.45, 2.75) is 0 Å². The number of halogens is 2. The number of carbonyl (C=O) groups excluding carboxylic acids is 1. The van der Waals surface area contributed by atoms with E-state index in [1.165, 1.54) is 28.0 Å². The molecule has 1 saturated heterocycles. The molecule has 0 bridgehead atoms. The molecule has 1 amide bonds. The van der Waals surface area contributed by atoms with Crippen LogP contribution in [-0.2, 0) is 4.79 Å². The fourth-order valence-electron chi connectivity index (χ4n) is 1.75. The Bertz CT molecular complexity index is 700. The standard InChI is InChI=1S/C12H7Cl2N3OS2/c13-6-1-2-7(8(14)3-6)9-4-20-12(16-9)17-10(18)5-19-11(17)15/h1-4,15H,5H2. The first-order valence-electron chi connectivity index (χ1n) is 5.51. The lowest BCUT2D eigenvalue weighted by Gasteiger charge is -2.09. The van der Waals surface area contributed by atoms with E-state index in [0.29, 0.717) is 20.9 Å². The van der Waals surface area contributed by atoms with Gasteiger partial charge in [0, 0.05) is 16.0 Å². The molecule has 0 atom stereocenters. The number of thioether (sulfide) groups is 1. The van der Waals surface area contributed by atoms with E-state index < -0.39 is 0 Å². The molecule has 0 aliphatic carbocycles. The highest BCUT2D eigenvalue weighted by Gasteiger charge is 2.30. The summed E-state index contributed by atoms with van der Waals surface area (Å²) in [5, 5.41) is 11.3. The Hall–Kier alpha value is -1.08. The monoisotopic (exact) mass is 343 g/mol. The van der Waals surface area contributed by atoms with Crippen LogP contribution in [0.25, 0.3) is 11.3 Å². The van der Waals surface area contributed by atoms with Crippen molar-refractivity contribution in [2.75, 3.05) is 10.7 Å². The highest BCUT2D eigenvalue weighted by atomic mass is 35.5. The number of amidine groups is 1. The van der Waals surface area contributed by atoms with Gasteiger partial charge in [0.1, 0.15) is 0 Å². The summed E-state index contributed by atoms with van der Waals surface area (Å²) in [7, 11) is 0. The van der Waals surface area contributed by atoms with Gasteiger partial charge in [-0.25, -0.2) is 9.88 Å². The van der Waals surface area contributed by atoms with Gasteiger partial charge >= 0.3 is 0 Å². The minimum atomic E-state index is -0.122. The molecule has 1 aliphatic rings. The molecule has 1 aromatic heterocycles. The Labute approximate surface area is 133 Å². The van der Waals surface area contributed by atoms with Crippen LogP contribution in [0.15, 0.2) is 23.6 Å². The lowest BCUT2D eigenvalue weighted by Crippen LogP contribution is -2.28. The van der Waals surface area contributed by atoms with E-state index >= 15 is 0 Å². The first kappa shape index (κ1) is 13.9. The van der Waals surface area contributed by atoms with Crippen LogP contribution in [0, 0.1) is 5.41 Å². The predicted octanol–water partition coefficient (Wildman–Crippen LogP) is 4.13. The van der Waals surface area contributed by atoms with Crippen LogP contribution in [-0.4, -0.2) is 21.8 Å². The van der Waals surface area contributed by atoms with Gasteiger partial charge in [-0.1, -0.05) is 35.0 Å². The zero-order chi connectivity index (χ0) is 14.3. The number of hydrogen-bond donors (Lipinski definition) is 1. The maximum Gasteiger partial charge on any atom is 0.245 e. The van der Waals surface area contributed by atoms with Gasteiger partial charge in [-0.2, -0.15) is 0 Å². The van der Waals surface area contributed by atoms with Crippen LogP contribution < -0.4 is 4.90 Å². The largest absolute Gasteiger partial charge is 0.278 e. The molecule has 1 fully saturated rings. The zero-order valence-electron chi connectivity index (χ0n) is 9.89. The highest BCUT2D eigenvalue weighted by molar-refractivity contribution is 8.15. The van der Waals surface area contributed by atoms with Crippen molar-refractivity contribution in [3.05, 3.63) is 33.6 Å². The molecule has 0 unspecified atom stereocenters. The third-order valence-corrected chi connectivity index (χ3v) is 4.90. The molecule has 1 aliphatic heterocycles. The molecule has 102 valence electrons.